The van der Waals surface area contributed by atoms with Crippen molar-refractivity contribution in [3.63, 3.8) is 0 Å². The van der Waals surface area contributed by atoms with Crippen LogP contribution in [0.15, 0.2) is 83.5 Å². The van der Waals surface area contributed by atoms with E-state index in [2.05, 4.69) is 31.2 Å². The molecule has 0 saturated heterocycles. The summed E-state index contributed by atoms with van der Waals surface area (Å²) < 4.78 is 12.9. The van der Waals surface area contributed by atoms with Crippen LogP contribution in [0.1, 0.15) is 18.1 Å². The number of para-hydroxylation sites is 2. The van der Waals surface area contributed by atoms with Crippen LogP contribution in [0.25, 0.3) is 6.08 Å². The average Bonchev–Trinajstić information content (AvgIpc) is 3.11. The van der Waals surface area contributed by atoms with Gasteiger partial charge in [0.15, 0.2) is 0 Å². The Bertz CT molecular complexity index is 1170. The van der Waals surface area contributed by atoms with E-state index < -0.39 is 0 Å². The molecule has 32 heavy (non-hydrogen) atoms. The van der Waals surface area contributed by atoms with Gasteiger partial charge >= 0.3 is 195 Å². The molecule has 5 nitrogen and oxygen atoms in total. The van der Waals surface area contributed by atoms with E-state index in [0.29, 0.717) is 23.7 Å². The topological polar surface area (TPSA) is 51.1 Å². The van der Waals surface area contributed by atoms with Gasteiger partial charge in [-0.15, -0.1) is 0 Å². The predicted molar refractivity (Wildman–Crippen MR) is 130 cm³/mol. The van der Waals surface area contributed by atoms with Crippen molar-refractivity contribution in [1.82, 2.24) is 0 Å². The number of anilines is 1. The molecule has 0 radical (unpaired) electrons. The fourth-order valence-electron chi connectivity index (χ4n) is 3.29. The molecule has 0 fully saturated rings. The molecule has 0 atom stereocenters. The summed E-state index contributed by atoms with van der Waals surface area (Å²) in [4.78, 5) is 19.9. The first-order valence-electron chi connectivity index (χ1n) is 10.3. The molecule has 0 spiro atoms. The SMILES string of the molecule is CCOc1ccc(/C=C2\N=C([Se]c3ccc(C)cc3)N(c3ccccc3OC)C2=O)cc1. The second-order valence-corrected chi connectivity index (χ2v) is 9.34. The summed E-state index contributed by atoms with van der Waals surface area (Å²) in [6.07, 6.45) is 1.82. The molecule has 3 aromatic carbocycles. The third-order valence-electron chi connectivity index (χ3n) is 4.88. The van der Waals surface area contributed by atoms with Gasteiger partial charge in [-0.3, -0.25) is 0 Å². The summed E-state index contributed by atoms with van der Waals surface area (Å²) in [7, 11) is 1.61. The van der Waals surface area contributed by atoms with Gasteiger partial charge in [0.2, 0.25) is 0 Å². The number of hydrogen-bond donors (Lipinski definition) is 0. The zero-order valence-electron chi connectivity index (χ0n) is 18.2. The molecular formula is C26H24N2O3Se. The molecule has 0 aromatic heterocycles. The third-order valence-corrected chi connectivity index (χ3v) is 6.90. The molecule has 1 aliphatic heterocycles. The Morgan fingerprint density at radius 2 is 1.72 bits per heavy atom. The van der Waals surface area contributed by atoms with E-state index >= 15 is 0 Å². The fourth-order valence-corrected chi connectivity index (χ4v) is 5.18. The van der Waals surface area contributed by atoms with Crippen molar-refractivity contribution in [2.45, 2.75) is 13.8 Å². The van der Waals surface area contributed by atoms with E-state index in [9.17, 15) is 4.79 Å². The van der Waals surface area contributed by atoms with Crippen molar-refractivity contribution >= 4 is 41.8 Å². The van der Waals surface area contributed by atoms with Crippen LogP contribution in [-0.2, 0) is 4.79 Å². The molecule has 4 rings (SSSR count). The van der Waals surface area contributed by atoms with Gasteiger partial charge in [-0.2, -0.15) is 0 Å². The third kappa shape index (κ3) is 4.77. The van der Waals surface area contributed by atoms with Crippen molar-refractivity contribution in [3.8, 4) is 11.5 Å². The summed E-state index contributed by atoms with van der Waals surface area (Å²) in [6, 6.07) is 23.5. The van der Waals surface area contributed by atoms with Crippen molar-refractivity contribution in [3.05, 3.63) is 89.6 Å². The van der Waals surface area contributed by atoms with Crippen molar-refractivity contribution in [1.29, 1.82) is 0 Å². The van der Waals surface area contributed by atoms with E-state index in [-0.39, 0.29) is 20.9 Å². The van der Waals surface area contributed by atoms with Gasteiger partial charge in [-0.25, -0.2) is 0 Å². The maximum absolute atomic E-state index is 13.5. The number of amidine groups is 1. The van der Waals surface area contributed by atoms with Crippen LogP contribution in [0, 0.1) is 6.92 Å². The molecule has 0 N–H and O–H groups in total. The number of nitrogens with zero attached hydrogens (tertiary/aromatic N) is 2. The number of aliphatic imine (C=N–C) groups is 1. The number of amides is 1. The van der Waals surface area contributed by atoms with Gasteiger partial charge in [0, 0.05) is 0 Å². The molecule has 1 amide bonds. The van der Waals surface area contributed by atoms with Crippen LogP contribution in [0.2, 0.25) is 0 Å². The van der Waals surface area contributed by atoms with Gasteiger partial charge in [0.05, 0.1) is 0 Å². The molecule has 162 valence electrons. The minimum absolute atomic E-state index is 0.154. The van der Waals surface area contributed by atoms with Gasteiger partial charge in [-0.1, -0.05) is 0 Å². The number of carbonyl (C=O) groups excluding carboxylic acids is 1. The van der Waals surface area contributed by atoms with Crippen molar-refractivity contribution in [2.75, 3.05) is 18.6 Å². The Balaban J connectivity index is 1.72. The Labute approximate surface area is 194 Å². The standard InChI is InChI=1S/C26H24N2O3Se/c1-4-31-20-13-11-19(12-14-20)17-22-25(29)28(23-7-5-6-8-24(23)30-3)26(27-22)32-21-15-9-18(2)10-16-21/h5-17H,4H2,1-3H3/b22-17-. The second kappa shape index (κ2) is 9.86. The summed E-state index contributed by atoms with van der Waals surface area (Å²) in [5.74, 6) is 1.28. The molecule has 1 heterocycles. The second-order valence-electron chi connectivity index (χ2n) is 7.15. The van der Waals surface area contributed by atoms with Gasteiger partial charge < -0.3 is 0 Å². The predicted octanol–water partition coefficient (Wildman–Crippen LogP) is 4.18. The maximum atomic E-state index is 13.5. The first kappa shape index (κ1) is 21.9. The van der Waals surface area contributed by atoms with E-state index in [0.717, 1.165) is 20.5 Å². The number of ether oxygens (including phenoxy) is 2. The van der Waals surface area contributed by atoms with Crippen LogP contribution in [0.3, 0.4) is 0 Å². The molecule has 0 aliphatic carbocycles. The Kier molecular flexibility index (Phi) is 6.74. The first-order valence-corrected chi connectivity index (χ1v) is 12.1. The summed E-state index contributed by atoms with van der Waals surface area (Å²) in [6.45, 7) is 4.62. The number of methoxy groups -OCH3 is 1. The number of rotatable bonds is 7. The van der Waals surface area contributed by atoms with Gasteiger partial charge in [0.25, 0.3) is 0 Å². The van der Waals surface area contributed by atoms with Crippen LogP contribution in [0.4, 0.5) is 5.69 Å². The minimum atomic E-state index is -0.160. The van der Waals surface area contributed by atoms with E-state index in [1.165, 1.54) is 5.56 Å². The monoisotopic (exact) mass is 492 g/mol. The van der Waals surface area contributed by atoms with Gasteiger partial charge in [0.1, 0.15) is 0 Å². The zero-order valence-corrected chi connectivity index (χ0v) is 20.0. The molecule has 0 bridgehead atoms. The Hall–Kier alpha value is -3.34. The van der Waals surface area contributed by atoms with E-state index in [1.807, 2.05) is 61.5 Å². The number of carbonyl (C=O) groups is 1. The summed E-state index contributed by atoms with van der Waals surface area (Å²) >= 11 is -0.154. The quantitative estimate of drug-likeness (QED) is 0.368. The molecule has 0 unspecified atom stereocenters. The Morgan fingerprint density at radius 3 is 2.41 bits per heavy atom. The van der Waals surface area contributed by atoms with Crippen molar-refractivity contribution in [2.24, 2.45) is 4.99 Å². The number of aryl methyl sites for hydroxylation is 1. The fraction of sp³-hybridized carbons (Fsp3) is 0.154. The molecular weight excluding hydrogens is 467 g/mol. The van der Waals surface area contributed by atoms with Gasteiger partial charge in [-0.05, 0) is 0 Å². The van der Waals surface area contributed by atoms with Crippen LogP contribution >= 0.6 is 0 Å². The molecule has 3 aromatic rings. The number of benzene rings is 3. The molecule has 6 heteroatoms. The van der Waals surface area contributed by atoms with Crippen LogP contribution in [0.5, 0.6) is 11.5 Å². The first-order chi connectivity index (χ1) is 15.6. The van der Waals surface area contributed by atoms with Crippen LogP contribution < -0.4 is 18.8 Å². The van der Waals surface area contributed by atoms with E-state index in [1.54, 1.807) is 12.0 Å². The van der Waals surface area contributed by atoms with E-state index in [4.69, 9.17) is 14.5 Å². The Morgan fingerprint density at radius 1 is 1.00 bits per heavy atom. The zero-order chi connectivity index (χ0) is 22.5. The summed E-state index contributed by atoms with van der Waals surface area (Å²) in [5.41, 5.74) is 3.20. The van der Waals surface area contributed by atoms with Crippen LogP contribution in [-0.4, -0.2) is 39.3 Å². The van der Waals surface area contributed by atoms with Crippen molar-refractivity contribution < 1.29 is 14.3 Å². The molecule has 1 aliphatic rings. The normalized spacial score (nSPS) is 14.6. The summed E-state index contributed by atoms with van der Waals surface area (Å²) in [5, 5.41) is 0. The number of hydrogen-bond acceptors (Lipinski definition) is 4. The average molecular weight is 491 g/mol. The molecule has 0 saturated carbocycles.